The second-order valence-corrected chi connectivity index (χ2v) is 3.97. The van der Waals surface area contributed by atoms with Gasteiger partial charge in [-0.1, -0.05) is 12.2 Å². The predicted octanol–water partition coefficient (Wildman–Crippen LogP) is 1.00. The lowest BCUT2D eigenvalue weighted by molar-refractivity contribution is 0.214. The third-order valence-corrected chi connectivity index (χ3v) is 2.38. The predicted molar refractivity (Wildman–Crippen MR) is 51.6 cm³/mol. The summed E-state index contributed by atoms with van der Waals surface area (Å²) >= 11 is 4.87. The second kappa shape index (κ2) is 4.02. The Morgan fingerprint density at radius 2 is 2.45 bits per heavy atom. The van der Waals surface area contributed by atoms with Gasteiger partial charge in [0.05, 0.1) is 4.99 Å². The van der Waals surface area contributed by atoms with Gasteiger partial charge in [-0.2, -0.15) is 0 Å². The first kappa shape index (κ1) is 8.94. The lowest BCUT2D eigenvalue weighted by Gasteiger charge is -2.29. The van der Waals surface area contributed by atoms with E-state index in [0.717, 1.165) is 13.0 Å². The van der Waals surface area contributed by atoms with Crippen molar-refractivity contribution in [3.8, 4) is 0 Å². The molecule has 0 radical (unpaired) electrons. The fourth-order valence-corrected chi connectivity index (χ4v) is 1.96. The molecule has 3 heteroatoms. The third kappa shape index (κ3) is 3.16. The molecule has 1 rings (SSSR count). The molecule has 0 spiro atoms. The minimum Gasteiger partial charge on any atom is -0.393 e. The molecule has 64 valence electrons. The molecule has 2 nitrogen and oxygen atoms in total. The Morgan fingerprint density at radius 3 is 3.00 bits per heavy atom. The number of rotatable bonds is 2. The summed E-state index contributed by atoms with van der Waals surface area (Å²) in [6.45, 7) is 2.39. The molecular weight excluding hydrogens is 156 g/mol. The Hall–Kier alpha value is -0.150. The Balaban J connectivity index is 2.28. The molecule has 0 aliphatic carbocycles. The molecule has 0 saturated carbocycles. The number of likely N-dealkylation sites (tertiary alicyclic amines) is 1. The average Bonchev–Trinajstić information content (AvgIpc) is 1.85. The average molecular weight is 172 g/mol. The standard InChI is InChI=1S/C8H16N2S/c1-10-4-2-3-7(6-10)5-8(9)11/h7H,2-6H2,1H3,(H2,9,11). The molecule has 1 atom stereocenters. The van der Waals surface area contributed by atoms with Crippen molar-refractivity contribution in [3.63, 3.8) is 0 Å². The van der Waals surface area contributed by atoms with Gasteiger partial charge in [-0.3, -0.25) is 0 Å². The molecule has 0 aromatic heterocycles. The first-order valence-electron chi connectivity index (χ1n) is 4.15. The molecule has 1 aliphatic rings. The van der Waals surface area contributed by atoms with Crippen molar-refractivity contribution >= 4 is 17.2 Å². The van der Waals surface area contributed by atoms with Crippen molar-refractivity contribution < 1.29 is 0 Å². The molecule has 0 aromatic rings. The van der Waals surface area contributed by atoms with Crippen molar-refractivity contribution in [3.05, 3.63) is 0 Å². The maximum atomic E-state index is 5.48. The number of hydrogen-bond donors (Lipinski definition) is 1. The number of thiocarbonyl (C=S) groups is 1. The van der Waals surface area contributed by atoms with Gasteiger partial charge in [-0.05, 0) is 32.4 Å². The molecule has 1 aliphatic heterocycles. The van der Waals surface area contributed by atoms with E-state index in [9.17, 15) is 0 Å². The van der Waals surface area contributed by atoms with Crippen molar-refractivity contribution in [1.82, 2.24) is 4.90 Å². The topological polar surface area (TPSA) is 29.3 Å². The summed E-state index contributed by atoms with van der Waals surface area (Å²) in [6, 6.07) is 0. The molecule has 2 N–H and O–H groups in total. The molecule has 1 unspecified atom stereocenters. The van der Waals surface area contributed by atoms with Crippen LogP contribution in [0.1, 0.15) is 19.3 Å². The number of piperidine rings is 1. The highest BCUT2D eigenvalue weighted by molar-refractivity contribution is 7.80. The van der Waals surface area contributed by atoms with Gasteiger partial charge in [0.1, 0.15) is 0 Å². The van der Waals surface area contributed by atoms with Crippen LogP contribution in [0.4, 0.5) is 0 Å². The van der Waals surface area contributed by atoms with E-state index in [4.69, 9.17) is 18.0 Å². The Bertz CT molecular complexity index is 147. The van der Waals surface area contributed by atoms with Gasteiger partial charge in [0.2, 0.25) is 0 Å². The smallest absolute Gasteiger partial charge is 0.0730 e. The van der Waals surface area contributed by atoms with E-state index >= 15 is 0 Å². The maximum Gasteiger partial charge on any atom is 0.0730 e. The quantitative estimate of drug-likeness (QED) is 0.630. The second-order valence-electron chi connectivity index (χ2n) is 3.44. The lowest BCUT2D eigenvalue weighted by Crippen LogP contribution is -2.33. The molecular formula is C8H16N2S. The van der Waals surface area contributed by atoms with E-state index in [1.54, 1.807) is 0 Å². The van der Waals surface area contributed by atoms with Crippen molar-refractivity contribution in [2.24, 2.45) is 11.7 Å². The van der Waals surface area contributed by atoms with Gasteiger partial charge in [0, 0.05) is 13.0 Å². The van der Waals surface area contributed by atoms with E-state index < -0.39 is 0 Å². The van der Waals surface area contributed by atoms with Gasteiger partial charge in [-0.15, -0.1) is 0 Å². The summed E-state index contributed by atoms with van der Waals surface area (Å²) in [5.41, 5.74) is 5.48. The molecule has 0 bridgehead atoms. The van der Waals surface area contributed by atoms with Crippen LogP contribution in [-0.4, -0.2) is 30.0 Å². The fraction of sp³-hybridized carbons (Fsp3) is 0.875. The molecule has 1 fully saturated rings. The summed E-state index contributed by atoms with van der Waals surface area (Å²) in [7, 11) is 2.16. The van der Waals surface area contributed by atoms with Crippen LogP contribution in [0.15, 0.2) is 0 Å². The number of nitrogens with two attached hydrogens (primary N) is 1. The van der Waals surface area contributed by atoms with E-state index in [1.807, 2.05) is 0 Å². The Kier molecular flexibility index (Phi) is 3.27. The minimum absolute atomic E-state index is 0.672. The van der Waals surface area contributed by atoms with E-state index in [2.05, 4.69) is 11.9 Å². The highest BCUT2D eigenvalue weighted by Gasteiger charge is 2.17. The van der Waals surface area contributed by atoms with Gasteiger partial charge in [0.15, 0.2) is 0 Å². The zero-order chi connectivity index (χ0) is 8.27. The highest BCUT2D eigenvalue weighted by atomic mass is 32.1. The van der Waals surface area contributed by atoms with Gasteiger partial charge < -0.3 is 10.6 Å². The van der Waals surface area contributed by atoms with Crippen LogP contribution in [0.2, 0.25) is 0 Å². The summed E-state index contributed by atoms with van der Waals surface area (Å²) in [5, 5.41) is 0. The SMILES string of the molecule is CN1CCCC(CC(N)=S)C1. The van der Waals surface area contributed by atoms with Crippen LogP contribution >= 0.6 is 12.2 Å². The molecule has 1 heterocycles. The molecule has 0 aromatic carbocycles. The van der Waals surface area contributed by atoms with E-state index in [0.29, 0.717) is 10.9 Å². The lowest BCUT2D eigenvalue weighted by atomic mass is 9.95. The summed E-state index contributed by atoms with van der Waals surface area (Å²) in [5.74, 6) is 0.714. The van der Waals surface area contributed by atoms with Crippen LogP contribution in [0.3, 0.4) is 0 Å². The van der Waals surface area contributed by atoms with Crippen LogP contribution in [-0.2, 0) is 0 Å². The van der Waals surface area contributed by atoms with Crippen LogP contribution in [0, 0.1) is 5.92 Å². The first-order valence-corrected chi connectivity index (χ1v) is 4.56. The number of nitrogens with zero attached hydrogens (tertiary/aromatic N) is 1. The molecule has 11 heavy (non-hydrogen) atoms. The van der Waals surface area contributed by atoms with Gasteiger partial charge >= 0.3 is 0 Å². The van der Waals surface area contributed by atoms with Crippen molar-refractivity contribution in [2.75, 3.05) is 20.1 Å². The number of hydrogen-bond acceptors (Lipinski definition) is 2. The highest BCUT2D eigenvalue weighted by Crippen LogP contribution is 2.17. The maximum absolute atomic E-state index is 5.48. The zero-order valence-electron chi connectivity index (χ0n) is 7.05. The van der Waals surface area contributed by atoms with Crippen molar-refractivity contribution in [1.29, 1.82) is 0 Å². The van der Waals surface area contributed by atoms with Gasteiger partial charge in [0.25, 0.3) is 0 Å². The van der Waals surface area contributed by atoms with Crippen LogP contribution in [0.25, 0.3) is 0 Å². The fourth-order valence-electron chi connectivity index (χ4n) is 1.72. The summed E-state index contributed by atoms with van der Waals surface area (Å²) < 4.78 is 0. The van der Waals surface area contributed by atoms with Gasteiger partial charge in [-0.25, -0.2) is 0 Å². The molecule has 1 saturated heterocycles. The normalized spacial score (nSPS) is 26.8. The minimum atomic E-state index is 0.672. The monoisotopic (exact) mass is 172 g/mol. The van der Waals surface area contributed by atoms with Crippen LogP contribution in [0.5, 0.6) is 0 Å². The largest absolute Gasteiger partial charge is 0.393 e. The first-order chi connectivity index (χ1) is 5.18. The van der Waals surface area contributed by atoms with E-state index in [1.165, 1.54) is 19.4 Å². The zero-order valence-corrected chi connectivity index (χ0v) is 7.86. The third-order valence-electron chi connectivity index (χ3n) is 2.21. The Labute approximate surface area is 73.7 Å². The summed E-state index contributed by atoms with van der Waals surface area (Å²) in [4.78, 5) is 3.03. The Morgan fingerprint density at radius 1 is 1.73 bits per heavy atom. The molecule has 0 amide bonds. The van der Waals surface area contributed by atoms with E-state index in [-0.39, 0.29) is 0 Å². The van der Waals surface area contributed by atoms with Crippen LogP contribution < -0.4 is 5.73 Å². The van der Waals surface area contributed by atoms with Crippen molar-refractivity contribution in [2.45, 2.75) is 19.3 Å². The summed E-state index contributed by atoms with van der Waals surface area (Å²) in [6.07, 6.45) is 3.52.